The molecule has 1 aromatic carbocycles. The van der Waals surface area contributed by atoms with Gasteiger partial charge >= 0.3 is 0 Å². The highest BCUT2D eigenvalue weighted by molar-refractivity contribution is 6.30. The van der Waals surface area contributed by atoms with E-state index in [4.69, 9.17) is 11.6 Å². The molecule has 5 heteroatoms. The Labute approximate surface area is 111 Å². The topological polar surface area (TPSA) is 41.1 Å². The molecule has 18 heavy (non-hydrogen) atoms. The molecule has 98 valence electrons. The maximum absolute atomic E-state index is 13.0. The van der Waals surface area contributed by atoms with E-state index in [1.807, 2.05) is 0 Å². The van der Waals surface area contributed by atoms with Crippen molar-refractivity contribution in [2.24, 2.45) is 0 Å². The zero-order chi connectivity index (χ0) is 13.0. The predicted octanol–water partition coefficient (Wildman–Crippen LogP) is 2.24. The quantitative estimate of drug-likeness (QED) is 0.884. The number of halogens is 2. The highest BCUT2D eigenvalue weighted by atomic mass is 35.5. The van der Waals surface area contributed by atoms with Gasteiger partial charge in [-0.3, -0.25) is 4.79 Å². The molecule has 0 spiro atoms. The third-order valence-corrected chi connectivity index (χ3v) is 3.37. The summed E-state index contributed by atoms with van der Waals surface area (Å²) in [7, 11) is 0. The lowest BCUT2D eigenvalue weighted by molar-refractivity contribution is -0.123. The van der Waals surface area contributed by atoms with E-state index >= 15 is 0 Å². The molecule has 0 aliphatic carbocycles. The van der Waals surface area contributed by atoms with Crippen LogP contribution in [0.4, 0.5) is 4.39 Å². The first kappa shape index (κ1) is 13.3. The standard InChI is InChI=1S/C13H16ClFN2O/c14-10-7-9(4-5-11(10)15)8-17-13(18)12-3-1-2-6-16-12/h4-5,7,12,16H,1-3,6,8H2,(H,17,18)/t12-/m1/s1. The van der Waals surface area contributed by atoms with E-state index in [0.717, 1.165) is 31.4 Å². The van der Waals surface area contributed by atoms with Crippen molar-refractivity contribution in [2.75, 3.05) is 6.54 Å². The van der Waals surface area contributed by atoms with E-state index in [0.29, 0.717) is 6.54 Å². The molecule has 1 heterocycles. The Hall–Kier alpha value is -1.13. The summed E-state index contributed by atoms with van der Waals surface area (Å²) in [5.74, 6) is -0.448. The Morgan fingerprint density at radius 1 is 1.50 bits per heavy atom. The summed E-state index contributed by atoms with van der Waals surface area (Å²) in [4.78, 5) is 11.8. The van der Waals surface area contributed by atoms with Crippen LogP contribution >= 0.6 is 11.6 Å². The van der Waals surface area contributed by atoms with Crippen LogP contribution in [0, 0.1) is 5.82 Å². The molecule has 0 bridgehead atoms. The number of hydrogen-bond acceptors (Lipinski definition) is 2. The highest BCUT2D eigenvalue weighted by Gasteiger charge is 2.19. The summed E-state index contributed by atoms with van der Waals surface area (Å²) in [6.45, 7) is 1.26. The van der Waals surface area contributed by atoms with Gasteiger partial charge < -0.3 is 10.6 Å². The SMILES string of the molecule is O=C(NCc1ccc(F)c(Cl)c1)[C@H]1CCCCN1. The van der Waals surface area contributed by atoms with Crippen LogP contribution in [0.2, 0.25) is 5.02 Å². The first-order valence-corrected chi connectivity index (χ1v) is 6.49. The van der Waals surface area contributed by atoms with Crippen LogP contribution in [-0.4, -0.2) is 18.5 Å². The second kappa shape index (κ2) is 6.16. The van der Waals surface area contributed by atoms with Gasteiger partial charge in [-0.2, -0.15) is 0 Å². The van der Waals surface area contributed by atoms with Gasteiger partial charge in [0.25, 0.3) is 0 Å². The molecular weight excluding hydrogens is 255 g/mol. The van der Waals surface area contributed by atoms with Gasteiger partial charge in [0, 0.05) is 6.54 Å². The van der Waals surface area contributed by atoms with Gasteiger partial charge in [0.2, 0.25) is 5.91 Å². The van der Waals surface area contributed by atoms with E-state index in [1.54, 1.807) is 6.07 Å². The second-order valence-corrected chi connectivity index (χ2v) is 4.88. The molecular formula is C13H16ClFN2O. The van der Waals surface area contributed by atoms with Crippen molar-refractivity contribution in [3.63, 3.8) is 0 Å². The minimum atomic E-state index is -0.444. The minimum absolute atomic E-state index is 0.00449. The first-order chi connectivity index (χ1) is 8.66. The van der Waals surface area contributed by atoms with Crippen molar-refractivity contribution in [2.45, 2.75) is 31.8 Å². The van der Waals surface area contributed by atoms with Gasteiger partial charge in [-0.15, -0.1) is 0 Å². The molecule has 0 radical (unpaired) electrons. The fourth-order valence-corrected chi connectivity index (χ4v) is 2.24. The molecule has 0 aromatic heterocycles. The number of amides is 1. The molecule has 1 saturated heterocycles. The van der Waals surface area contributed by atoms with Gasteiger partial charge in [-0.1, -0.05) is 24.1 Å². The lowest BCUT2D eigenvalue weighted by atomic mass is 10.0. The van der Waals surface area contributed by atoms with E-state index in [9.17, 15) is 9.18 Å². The van der Waals surface area contributed by atoms with Gasteiger partial charge in [0.1, 0.15) is 5.82 Å². The van der Waals surface area contributed by atoms with Crippen LogP contribution in [0.3, 0.4) is 0 Å². The summed E-state index contributed by atoms with van der Waals surface area (Å²) in [6.07, 6.45) is 3.07. The molecule has 1 aliphatic heterocycles. The zero-order valence-electron chi connectivity index (χ0n) is 10.0. The summed E-state index contributed by atoms with van der Waals surface area (Å²) in [5.41, 5.74) is 0.797. The summed E-state index contributed by atoms with van der Waals surface area (Å²) >= 11 is 5.68. The third kappa shape index (κ3) is 3.43. The van der Waals surface area contributed by atoms with Crippen molar-refractivity contribution in [1.29, 1.82) is 0 Å². The van der Waals surface area contributed by atoms with Crippen molar-refractivity contribution >= 4 is 17.5 Å². The molecule has 3 nitrogen and oxygen atoms in total. The van der Waals surface area contributed by atoms with Crippen molar-refractivity contribution in [1.82, 2.24) is 10.6 Å². The number of hydrogen-bond donors (Lipinski definition) is 2. The Morgan fingerprint density at radius 3 is 3.00 bits per heavy atom. The summed E-state index contributed by atoms with van der Waals surface area (Å²) < 4.78 is 13.0. The number of rotatable bonds is 3. The van der Waals surface area contributed by atoms with Gasteiger partial charge in [-0.25, -0.2) is 4.39 Å². The Morgan fingerprint density at radius 2 is 2.33 bits per heavy atom. The lowest BCUT2D eigenvalue weighted by Crippen LogP contribution is -2.46. The van der Waals surface area contributed by atoms with Crippen molar-refractivity contribution < 1.29 is 9.18 Å². The van der Waals surface area contributed by atoms with E-state index in [-0.39, 0.29) is 17.0 Å². The second-order valence-electron chi connectivity index (χ2n) is 4.47. The predicted molar refractivity (Wildman–Crippen MR) is 68.9 cm³/mol. The number of benzene rings is 1. The summed E-state index contributed by atoms with van der Waals surface area (Å²) in [5, 5.41) is 6.09. The maximum Gasteiger partial charge on any atom is 0.237 e. The largest absolute Gasteiger partial charge is 0.351 e. The van der Waals surface area contributed by atoms with Crippen LogP contribution in [0.5, 0.6) is 0 Å². The number of nitrogens with one attached hydrogen (secondary N) is 2. The average Bonchev–Trinajstić information content (AvgIpc) is 2.41. The Bertz CT molecular complexity index is 433. The van der Waals surface area contributed by atoms with Crippen molar-refractivity contribution in [3.05, 3.63) is 34.6 Å². The molecule has 1 amide bonds. The lowest BCUT2D eigenvalue weighted by Gasteiger charge is -2.22. The van der Waals surface area contributed by atoms with Crippen molar-refractivity contribution in [3.8, 4) is 0 Å². The van der Waals surface area contributed by atoms with E-state index in [2.05, 4.69) is 10.6 Å². The number of piperidine rings is 1. The van der Waals surface area contributed by atoms with E-state index < -0.39 is 5.82 Å². The molecule has 1 aliphatic rings. The van der Waals surface area contributed by atoms with Crippen LogP contribution in [0.1, 0.15) is 24.8 Å². The number of carbonyl (C=O) groups is 1. The molecule has 2 rings (SSSR count). The van der Waals surface area contributed by atoms with Crippen LogP contribution in [0.15, 0.2) is 18.2 Å². The molecule has 1 atom stereocenters. The molecule has 0 saturated carbocycles. The third-order valence-electron chi connectivity index (χ3n) is 3.08. The van der Waals surface area contributed by atoms with Gasteiger partial charge in [-0.05, 0) is 37.1 Å². The van der Waals surface area contributed by atoms with E-state index in [1.165, 1.54) is 12.1 Å². The fourth-order valence-electron chi connectivity index (χ4n) is 2.04. The van der Waals surface area contributed by atoms with Crippen LogP contribution < -0.4 is 10.6 Å². The molecule has 0 unspecified atom stereocenters. The van der Waals surface area contributed by atoms with Gasteiger partial charge in [0.05, 0.1) is 11.1 Å². The Kier molecular flexibility index (Phi) is 4.55. The Balaban J connectivity index is 1.86. The first-order valence-electron chi connectivity index (χ1n) is 6.12. The molecule has 2 N–H and O–H groups in total. The maximum atomic E-state index is 13.0. The minimum Gasteiger partial charge on any atom is -0.351 e. The van der Waals surface area contributed by atoms with Crippen LogP contribution in [0.25, 0.3) is 0 Å². The average molecular weight is 271 g/mol. The fraction of sp³-hybridized carbons (Fsp3) is 0.462. The summed E-state index contributed by atoms with van der Waals surface area (Å²) in [6, 6.07) is 4.36. The normalized spacial score (nSPS) is 19.6. The zero-order valence-corrected chi connectivity index (χ0v) is 10.8. The number of carbonyl (C=O) groups excluding carboxylic acids is 1. The smallest absolute Gasteiger partial charge is 0.237 e. The monoisotopic (exact) mass is 270 g/mol. The van der Waals surface area contributed by atoms with Crippen LogP contribution in [-0.2, 0) is 11.3 Å². The van der Waals surface area contributed by atoms with Gasteiger partial charge in [0.15, 0.2) is 0 Å². The molecule has 1 aromatic rings. The highest BCUT2D eigenvalue weighted by Crippen LogP contribution is 2.16. The molecule has 1 fully saturated rings.